The maximum absolute atomic E-state index is 12.9. The molecular formula is C23H22N2O3S. The fourth-order valence-electron chi connectivity index (χ4n) is 4.28. The van der Waals surface area contributed by atoms with Crippen molar-refractivity contribution in [2.24, 2.45) is 11.3 Å². The van der Waals surface area contributed by atoms with Crippen molar-refractivity contribution in [3.05, 3.63) is 61.5 Å². The lowest BCUT2D eigenvalue weighted by atomic mass is 9.72. The predicted octanol–water partition coefficient (Wildman–Crippen LogP) is 4.91. The standard InChI is InChI=1S/C23H22N2O3S/c1-23(2,3)13-8-9-14-17(11-13)29-21-18(14)20(26)24-19(25-21)15-10-12-6-4-5-7-16(12)28-22(15)27/h4-7,10,13H,8-9,11H2,1-3H3,(H,24,25,26)/t13-/m1/s1. The first-order valence-corrected chi connectivity index (χ1v) is 10.7. The van der Waals surface area contributed by atoms with Crippen molar-refractivity contribution in [3.63, 3.8) is 0 Å². The highest BCUT2D eigenvalue weighted by molar-refractivity contribution is 7.18. The van der Waals surface area contributed by atoms with E-state index in [1.807, 2.05) is 18.2 Å². The maximum atomic E-state index is 12.9. The van der Waals surface area contributed by atoms with Gasteiger partial charge < -0.3 is 9.40 Å². The van der Waals surface area contributed by atoms with Crippen LogP contribution < -0.4 is 11.2 Å². The van der Waals surface area contributed by atoms with Crippen molar-refractivity contribution >= 4 is 32.5 Å². The molecule has 5 nitrogen and oxygen atoms in total. The van der Waals surface area contributed by atoms with E-state index in [1.165, 1.54) is 4.88 Å². The zero-order valence-electron chi connectivity index (χ0n) is 16.7. The highest BCUT2D eigenvalue weighted by atomic mass is 32.1. The molecule has 1 aliphatic rings. The Morgan fingerprint density at radius 1 is 1.21 bits per heavy atom. The van der Waals surface area contributed by atoms with Gasteiger partial charge in [0.05, 0.1) is 5.39 Å². The molecule has 0 spiro atoms. The van der Waals surface area contributed by atoms with Gasteiger partial charge in [-0.2, -0.15) is 0 Å². The van der Waals surface area contributed by atoms with Gasteiger partial charge >= 0.3 is 5.63 Å². The molecule has 5 rings (SSSR count). The van der Waals surface area contributed by atoms with Crippen molar-refractivity contribution in [3.8, 4) is 11.4 Å². The molecule has 0 bridgehead atoms. The number of para-hydroxylation sites is 1. The van der Waals surface area contributed by atoms with Gasteiger partial charge in [0.15, 0.2) is 0 Å². The van der Waals surface area contributed by atoms with Gasteiger partial charge in [0.25, 0.3) is 5.56 Å². The Morgan fingerprint density at radius 2 is 2.00 bits per heavy atom. The summed E-state index contributed by atoms with van der Waals surface area (Å²) >= 11 is 1.59. The van der Waals surface area contributed by atoms with Gasteiger partial charge in [-0.25, -0.2) is 9.78 Å². The van der Waals surface area contributed by atoms with Crippen molar-refractivity contribution in [1.29, 1.82) is 0 Å². The number of nitrogens with one attached hydrogen (secondary N) is 1. The highest BCUT2D eigenvalue weighted by Crippen LogP contribution is 2.42. The summed E-state index contributed by atoms with van der Waals surface area (Å²) in [4.78, 5) is 34.9. The summed E-state index contributed by atoms with van der Waals surface area (Å²) in [7, 11) is 0. The summed E-state index contributed by atoms with van der Waals surface area (Å²) in [6.07, 6.45) is 2.96. The largest absolute Gasteiger partial charge is 0.422 e. The van der Waals surface area contributed by atoms with Crippen molar-refractivity contribution in [1.82, 2.24) is 9.97 Å². The van der Waals surface area contributed by atoms with E-state index in [-0.39, 0.29) is 22.4 Å². The van der Waals surface area contributed by atoms with E-state index in [0.717, 1.165) is 30.2 Å². The number of hydrogen-bond donors (Lipinski definition) is 1. The molecule has 0 radical (unpaired) electrons. The zero-order valence-corrected chi connectivity index (χ0v) is 17.5. The lowest BCUT2D eigenvalue weighted by Crippen LogP contribution is -2.26. The third-order valence-corrected chi connectivity index (χ3v) is 7.19. The van der Waals surface area contributed by atoms with Crippen LogP contribution in [0.25, 0.3) is 32.6 Å². The van der Waals surface area contributed by atoms with Crippen molar-refractivity contribution in [2.75, 3.05) is 0 Å². The summed E-state index contributed by atoms with van der Waals surface area (Å²) in [6, 6.07) is 9.05. The highest BCUT2D eigenvalue weighted by Gasteiger charge is 2.31. The minimum atomic E-state index is -0.500. The van der Waals surface area contributed by atoms with Crippen LogP contribution >= 0.6 is 11.3 Å². The molecule has 0 unspecified atom stereocenters. The van der Waals surface area contributed by atoms with E-state index in [4.69, 9.17) is 4.42 Å². The Kier molecular flexibility index (Phi) is 4.03. The molecule has 0 saturated heterocycles. The SMILES string of the molecule is CC(C)(C)[C@@H]1CCc2c(sc3nc(-c4cc5ccccc5oc4=O)[nH]c(=O)c23)C1. The fourth-order valence-corrected chi connectivity index (χ4v) is 5.58. The van der Waals surface area contributed by atoms with E-state index in [0.29, 0.717) is 21.7 Å². The number of aromatic nitrogens is 2. The number of H-pyrrole nitrogens is 1. The molecule has 6 heteroatoms. The third-order valence-electron chi connectivity index (χ3n) is 6.04. The summed E-state index contributed by atoms with van der Waals surface area (Å²) in [5.41, 5.74) is 1.50. The predicted molar refractivity (Wildman–Crippen MR) is 117 cm³/mol. The molecule has 0 fully saturated rings. The van der Waals surface area contributed by atoms with Crippen molar-refractivity contribution in [2.45, 2.75) is 40.0 Å². The Balaban J connectivity index is 1.66. The second kappa shape index (κ2) is 6.39. The number of aromatic amines is 1. The van der Waals surface area contributed by atoms with Gasteiger partial charge in [-0.1, -0.05) is 39.0 Å². The summed E-state index contributed by atoms with van der Waals surface area (Å²) in [5, 5.41) is 1.48. The molecule has 1 aliphatic carbocycles. The van der Waals surface area contributed by atoms with E-state index in [2.05, 4.69) is 30.7 Å². The van der Waals surface area contributed by atoms with Crippen LogP contribution in [0, 0.1) is 11.3 Å². The van der Waals surface area contributed by atoms with Gasteiger partial charge in [0, 0.05) is 10.3 Å². The Hall–Kier alpha value is -2.73. The van der Waals surface area contributed by atoms with Crippen LogP contribution in [0.1, 0.15) is 37.6 Å². The topological polar surface area (TPSA) is 76.0 Å². The first kappa shape index (κ1) is 18.3. The van der Waals surface area contributed by atoms with E-state index in [1.54, 1.807) is 23.5 Å². The molecule has 0 amide bonds. The number of nitrogens with zero attached hydrogens (tertiary/aromatic N) is 1. The lowest BCUT2D eigenvalue weighted by Gasteiger charge is -2.33. The molecule has 148 valence electrons. The molecule has 3 heterocycles. The molecule has 0 aliphatic heterocycles. The summed E-state index contributed by atoms with van der Waals surface area (Å²) < 4.78 is 5.42. The van der Waals surface area contributed by atoms with E-state index < -0.39 is 5.63 Å². The van der Waals surface area contributed by atoms with Gasteiger partial charge in [0.2, 0.25) is 0 Å². The number of hydrogen-bond acceptors (Lipinski definition) is 5. The molecule has 3 aromatic heterocycles. The first-order valence-electron chi connectivity index (χ1n) is 9.89. The number of thiophene rings is 1. The average molecular weight is 407 g/mol. The van der Waals surface area contributed by atoms with Crippen LogP contribution in [0.15, 0.2) is 44.3 Å². The molecule has 1 atom stereocenters. The Labute approximate surface area is 171 Å². The van der Waals surface area contributed by atoms with Gasteiger partial charge in [-0.3, -0.25) is 4.79 Å². The second-order valence-electron chi connectivity index (χ2n) is 8.89. The van der Waals surface area contributed by atoms with Gasteiger partial charge in [-0.05, 0) is 48.3 Å². The Bertz CT molecular complexity index is 1370. The summed E-state index contributed by atoms with van der Waals surface area (Å²) in [6.45, 7) is 6.83. The van der Waals surface area contributed by atoms with Crippen LogP contribution in [-0.2, 0) is 12.8 Å². The average Bonchev–Trinajstić information content (AvgIpc) is 3.04. The number of benzene rings is 1. The second-order valence-corrected chi connectivity index (χ2v) is 9.97. The number of rotatable bonds is 1. The molecule has 1 N–H and O–H groups in total. The zero-order chi connectivity index (χ0) is 20.3. The molecular weight excluding hydrogens is 384 g/mol. The molecule has 29 heavy (non-hydrogen) atoms. The minimum absolute atomic E-state index is 0.177. The van der Waals surface area contributed by atoms with Crippen molar-refractivity contribution < 1.29 is 4.42 Å². The van der Waals surface area contributed by atoms with Crippen LogP contribution in [0.2, 0.25) is 0 Å². The monoisotopic (exact) mass is 406 g/mol. The Morgan fingerprint density at radius 3 is 2.79 bits per heavy atom. The molecule has 0 saturated carbocycles. The minimum Gasteiger partial charge on any atom is -0.422 e. The lowest BCUT2D eigenvalue weighted by molar-refractivity contribution is 0.218. The van der Waals surface area contributed by atoms with Crippen LogP contribution in [0.4, 0.5) is 0 Å². The fraction of sp³-hybridized carbons (Fsp3) is 0.348. The van der Waals surface area contributed by atoms with Gasteiger partial charge in [-0.15, -0.1) is 11.3 Å². The number of aryl methyl sites for hydroxylation is 1. The third kappa shape index (κ3) is 3.02. The van der Waals surface area contributed by atoms with E-state index >= 15 is 0 Å². The van der Waals surface area contributed by atoms with Crippen LogP contribution in [0.5, 0.6) is 0 Å². The quantitative estimate of drug-likeness (QED) is 0.456. The maximum Gasteiger partial charge on any atom is 0.347 e. The number of fused-ring (bicyclic) bond motifs is 4. The molecule has 1 aromatic carbocycles. The smallest absolute Gasteiger partial charge is 0.347 e. The van der Waals surface area contributed by atoms with Crippen LogP contribution in [-0.4, -0.2) is 9.97 Å². The van der Waals surface area contributed by atoms with Crippen LogP contribution in [0.3, 0.4) is 0 Å². The van der Waals surface area contributed by atoms with Gasteiger partial charge in [0.1, 0.15) is 21.8 Å². The first-order chi connectivity index (χ1) is 13.8. The molecule has 4 aromatic rings. The summed E-state index contributed by atoms with van der Waals surface area (Å²) in [5.74, 6) is 0.863. The van der Waals surface area contributed by atoms with E-state index in [9.17, 15) is 9.59 Å². The normalized spacial score (nSPS) is 17.0.